The fraction of sp³-hybridized carbons (Fsp3) is 0. The van der Waals surface area contributed by atoms with Crippen molar-refractivity contribution in [3.8, 4) is 0 Å². The third kappa shape index (κ3) is 0.797. The van der Waals surface area contributed by atoms with E-state index in [4.69, 9.17) is 0 Å². The maximum absolute atomic E-state index is 11.8. The van der Waals surface area contributed by atoms with Crippen LogP contribution >= 0.6 is 0 Å². The summed E-state index contributed by atoms with van der Waals surface area (Å²) in [6.45, 7) is 0. The van der Waals surface area contributed by atoms with Gasteiger partial charge in [-0.3, -0.25) is 4.79 Å². The van der Waals surface area contributed by atoms with Crippen molar-refractivity contribution in [2.45, 2.75) is 0 Å². The Balaban J connectivity index is 2.34. The summed E-state index contributed by atoms with van der Waals surface area (Å²) in [7, 11) is 0. The molecule has 2 aromatic carbocycles. The van der Waals surface area contributed by atoms with Gasteiger partial charge in [-0.25, -0.2) is 0 Å². The zero-order valence-corrected chi connectivity index (χ0v) is 8.53. The van der Waals surface area contributed by atoms with Gasteiger partial charge in [0.2, 0.25) is 0 Å². The molecule has 0 radical (unpaired) electrons. The lowest BCUT2D eigenvalue weighted by Crippen LogP contribution is -2.02. The first-order valence-corrected chi connectivity index (χ1v) is 5.35. The molecule has 0 amide bonds. The second kappa shape index (κ2) is 2.50. The molecular weight excluding hydrogens is 196 g/mol. The predicted octanol–water partition coefficient (Wildman–Crippen LogP) is 3.53. The number of carbonyl (C=O) groups is 1. The molecule has 1 nitrogen and oxygen atoms in total. The molecule has 0 aliphatic heterocycles. The van der Waals surface area contributed by atoms with Gasteiger partial charge >= 0.3 is 0 Å². The molecule has 0 heterocycles. The standard InChI is InChI=1S/C15H8O/c16-13-8-6-11-4-3-9-1-2-10-5-7-12(13)15(11)14(9)10/h1-8H. The summed E-state index contributed by atoms with van der Waals surface area (Å²) in [5, 5.41) is 2.35. The van der Waals surface area contributed by atoms with Gasteiger partial charge in [-0.05, 0) is 34.2 Å². The van der Waals surface area contributed by atoms with E-state index in [-0.39, 0.29) is 5.78 Å². The second-order valence-electron chi connectivity index (χ2n) is 4.23. The highest BCUT2D eigenvalue weighted by Gasteiger charge is 2.19. The van der Waals surface area contributed by atoms with E-state index in [9.17, 15) is 4.79 Å². The van der Waals surface area contributed by atoms with Crippen LogP contribution in [0, 0.1) is 0 Å². The van der Waals surface area contributed by atoms with E-state index in [0.717, 1.165) is 16.5 Å². The lowest BCUT2D eigenvalue weighted by molar-refractivity contribution is 0.104. The Bertz CT molecular complexity index is 706. The SMILES string of the molecule is O=C1C=Cc2ccc3c4c(ccc1c24)C=C3. The summed E-state index contributed by atoms with van der Waals surface area (Å²) in [5.74, 6) is 0.114. The van der Waals surface area contributed by atoms with Crippen LogP contribution in [0.5, 0.6) is 0 Å². The first-order valence-electron chi connectivity index (χ1n) is 5.35. The maximum Gasteiger partial charge on any atom is 0.186 e. The largest absolute Gasteiger partial charge is 0.289 e. The summed E-state index contributed by atoms with van der Waals surface area (Å²) in [6, 6.07) is 8.18. The minimum absolute atomic E-state index is 0.114. The molecular formula is C15H8O. The lowest BCUT2D eigenvalue weighted by atomic mass is 9.89. The Morgan fingerprint density at radius 2 is 1.19 bits per heavy atom. The fourth-order valence-electron chi connectivity index (χ4n) is 2.63. The van der Waals surface area contributed by atoms with Crippen LogP contribution in [0.15, 0.2) is 30.3 Å². The van der Waals surface area contributed by atoms with E-state index in [2.05, 4.69) is 24.3 Å². The van der Waals surface area contributed by atoms with E-state index in [0.29, 0.717) is 0 Å². The van der Waals surface area contributed by atoms with Crippen molar-refractivity contribution in [2.24, 2.45) is 0 Å². The van der Waals surface area contributed by atoms with Crippen LogP contribution < -0.4 is 0 Å². The van der Waals surface area contributed by atoms with Crippen LogP contribution in [-0.2, 0) is 0 Å². The molecule has 74 valence electrons. The van der Waals surface area contributed by atoms with Crippen LogP contribution in [0.1, 0.15) is 27.0 Å². The van der Waals surface area contributed by atoms with Gasteiger partial charge in [0, 0.05) is 10.9 Å². The van der Waals surface area contributed by atoms with Crippen LogP contribution in [0.2, 0.25) is 0 Å². The average Bonchev–Trinajstić information content (AvgIpc) is 2.73. The van der Waals surface area contributed by atoms with Crippen molar-refractivity contribution >= 4 is 34.8 Å². The lowest BCUT2D eigenvalue weighted by Gasteiger charge is -2.13. The molecule has 2 aliphatic carbocycles. The van der Waals surface area contributed by atoms with Crippen molar-refractivity contribution in [3.05, 3.63) is 52.6 Å². The van der Waals surface area contributed by atoms with Gasteiger partial charge in [-0.15, -0.1) is 0 Å². The normalized spacial score (nSPS) is 15.1. The molecule has 0 N–H and O–H groups in total. The van der Waals surface area contributed by atoms with E-state index in [1.54, 1.807) is 6.08 Å². The van der Waals surface area contributed by atoms with Crippen LogP contribution in [0.25, 0.3) is 29.0 Å². The van der Waals surface area contributed by atoms with Gasteiger partial charge in [0.05, 0.1) is 0 Å². The number of ketones is 1. The summed E-state index contributed by atoms with van der Waals surface area (Å²) >= 11 is 0. The molecule has 0 saturated carbocycles. The summed E-state index contributed by atoms with van der Waals surface area (Å²) in [6.07, 6.45) is 7.79. The minimum atomic E-state index is 0.114. The van der Waals surface area contributed by atoms with Crippen molar-refractivity contribution in [1.29, 1.82) is 0 Å². The van der Waals surface area contributed by atoms with E-state index in [1.165, 1.54) is 16.5 Å². The average molecular weight is 204 g/mol. The first-order chi connectivity index (χ1) is 7.84. The predicted molar refractivity (Wildman–Crippen MR) is 66.2 cm³/mol. The van der Waals surface area contributed by atoms with E-state index < -0.39 is 0 Å². The van der Waals surface area contributed by atoms with Gasteiger partial charge in [-0.1, -0.05) is 36.4 Å². The molecule has 1 heteroatoms. The number of hydrogen-bond acceptors (Lipinski definition) is 1. The molecule has 0 unspecified atom stereocenters. The third-order valence-corrected chi connectivity index (χ3v) is 3.38. The molecule has 2 aromatic rings. The summed E-state index contributed by atoms with van der Waals surface area (Å²) in [5.41, 5.74) is 4.43. The van der Waals surface area contributed by atoms with Gasteiger partial charge in [0.25, 0.3) is 0 Å². The summed E-state index contributed by atoms with van der Waals surface area (Å²) in [4.78, 5) is 11.8. The number of rotatable bonds is 0. The van der Waals surface area contributed by atoms with Crippen molar-refractivity contribution in [1.82, 2.24) is 0 Å². The van der Waals surface area contributed by atoms with Crippen molar-refractivity contribution in [3.63, 3.8) is 0 Å². The molecule has 0 atom stereocenters. The molecule has 2 aliphatic rings. The van der Waals surface area contributed by atoms with Crippen LogP contribution in [0.4, 0.5) is 0 Å². The number of hydrogen-bond donors (Lipinski definition) is 0. The smallest absolute Gasteiger partial charge is 0.186 e. The topological polar surface area (TPSA) is 17.1 Å². The molecule has 0 fully saturated rings. The minimum Gasteiger partial charge on any atom is -0.289 e. The zero-order valence-electron chi connectivity index (χ0n) is 8.53. The molecule has 0 spiro atoms. The summed E-state index contributed by atoms with van der Waals surface area (Å²) < 4.78 is 0. The molecule has 16 heavy (non-hydrogen) atoms. The van der Waals surface area contributed by atoms with Gasteiger partial charge in [0.15, 0.2) is 5.78 Å². The molecule has 0 saturated heterocycles. The highest BCUT2D eigenvalue weighted by atomic mass is 16.1. The third-order valence-electron chi connectivity index (χ3n) is 3.38. The van der Waals surface area contributed by atoms with Gasteiger partial charge in [0.1, 0.15) is 0 Å². The van der Waals surface area contributed by atoms with E-state index in [1.807, 2.05) is 18.2 Å². The van der Waals surface area contributed by atoms with Gasteiger partial charge in [-0.2, -0.15) is 0 Å². The molecule has 0 bridgehead atoms. The number of benzene rings is 2. The maximum atomic E-state index is 11.8. The first kappa shape index (κ1) is 8.05. The molecule has 0 aromatic heterocycles. The Kier molecular flexibility index (Phi) is 1.26. The Hall–Kier alpha value is -2.15. The quantitative estimate of drug-likeness (QED) is 0.547. The fourth-order valence-corrected chi connectivity index (χ4v) is 2.63. The highest BCUT2D eigenvalue weighted by Crippen LogP contribution is 2.37. The molecule has 4 rings (SSSR count). The highest BCUT2D eigenvalue weighted by molar-refractivity contribution is 6.23. The Morgan fingerprint density at radius 3 is 1.94 bits per heavy atom. The monoisotopic (exact) mass is 204 g/mol. The van der Waals surface area contributed by atoms with Crippen LogP contribution in [-0.4, -0.2) is 5.78 Å². The van der Waals surface area contributed by atoms with Crippen molar-refractivity contribution < 1.29 is 4.79 Å². The van der Waals surface area contributed by atoms with Crippen molar-refractivity contribution in [2.75, 3.05) is 0 Å². The number of carbonyl (C=O) groups excluding carboxylic acids is 1. The second-order valence-corrected chi connectivity index (χ2v) is 4.23. The number of allylic oxidation sites excluding steroid dienone is 1. The zero-order chi connectivity index (χ0) is 10.7. The Labute approximate surface area is 92.7 Å². The van der Waals surface area contributed by atoms with Gasteiger partial charge < -0.3 is 0 Å². The van der Waals surface area contributed by atoms with Crippen LogP contribution in [0.3, 0.4) is 0 Å². The van der Waals surface area contributed by atoms with E-state index >= 15 is 0 Å². The Morgan fingerprint density at radius 1 is 0.625 bits per heavy atom.